The van der Waals surface area contributed by atoms with Gasteiger partial charge in [-0.3, -0.25) is 14.7 Å². The van der Waals surface area contributed by atoms with E-state index in [1.54, 1.807) is 30.3 Å². The minimum Gasteiger partial charge on any atom is -0.506 e. The Balaban J connectivity index is 1.97. The smallest absolute Gasteiger partial charge is 0.295 e. The molecule has 0 bridgehead atoms. The zero-order chi connectivity index (χ0) is 22.3. The second kappa shape index (κ2) is 7.31. The molecule has 0 saturated carbocycles. The Morgan fingerprint density at radius 3 is 2.32 bits per heavy atom. The van der Waals surface area contributed by atoms with Crippen molar-refractivity contribution in [2.45, 2.75) is 4.90 Å². The van der Waals surface area contributed by atoms with Gasteiger partial charge in [0.1, 0.15) is 22.0 Å². The molecule has 4 aromatic rings. The minimum atomic E-state index is -4.90. The Labute approximate surface area is 174 Å². The lowest BCUT2D eigenvalue weighted by molar-refractivity contribution is -0.383. The van der Waals surface area contributed by atoms with E-state index in [0.717, 1.165) is 11.5 Å². The first-order chi connectivity index (χ1) is 14.7. The minimum absolute atomic E-state index is 0.0653. The summed E-state index contributed by atoms with van der Waals surface area (Å²) in [6.07, 6.45) is 0. The van der Waals surface area contributed by atoms with E-state index in [0.29, 0.717) is 11.5 Å². The van der Waals surface area contributed by atoms with Gasteiger partial charge in [0, 0.05) is 22.9 Å². The number of fused-ring (bicyclic) bond motifs is 2. The van der Waals surface area contributed by atoms with Crippen LogP contribution in [-0.4, -0.2) is 28.1 Å². The van der Waals surface area contributed by atoms with Crippen LogP contribution in [0, 0.1) is 10.1 Å². The Morgan fingerprint density at radius 1 is 0.903 bits per heavy atom. The van der Waals surface area contributed by atoms with Gasteiger partial charge in [-0.2, -0.15) is 8.42 Å². The lowest BCUT2D eigenvalue weighted by Gasteiger charge is -2.09. The van der Waals surface area contributed by atoms with E-state index in [-0.39, 0.29) is 22.5 Å². The van der Waals surface area contributed by atoms with E-state index < -0.39 is 36.8 Å². The maximum atomic E-state index is 11.8. The van der Waals surface area contributed by atoms with Crippen LogP contribution in [0.1, 0.15) is 0 Å². The van der Waals surface area contributed by atoms with Gasteiger partial charge in [0.15, 0.2) is 5.75 Å². The van der Waals surface area contributed by atoms with E-state index >= 15 is 0 Å². The zero-order valence-corrected chi connectivity index (χ0v) is 16.3. The van der Waals surface area contributed by atoms with Crippen molar-refractivity contribution < 1.29 is 28.1 Å². The number of aromatic hydroxyl groups is 2. The molecule has 0 atom stereocenters. The van der Waals surface area contributed by atoms with Crippen molar-refractivity contribution in [3.05, 3.63) is 70.8 Å². The average Bonchev–Trinajstić information content (AvgIpc) is 2.72. The highest BCUT2D eigenvalue weighted by molar-refractivity contribution is 7.86. The van der Waals surface area contributed by atoms with Gasteiger partial charge in [-0.25, -0.2) is 0 Å². The molecule has 0 aliphatic carbocycles. The Hall–Kier alpha value is -4.09. The summed E-state index contributed by atoms with van der Waals surface area (Å²) in [6.45, 7) is 0. The first-order valence-corrected chi connectivity index (χ1v) is 10.2. The molecule has 4 aromatic carbocycles. The number of nitro groups is 1. The molecule has 10 nitrogen and oxygen atoms in total. The van der Waals surface area contributed by atoms with Crippen molar-refractivity contribution in [3.8, 4) is 11.5 Å². The van der Waals surface area contributed by atoms with E-state index in [9.17, 15) is 33.3 Å². The standard InChI is InChI=1S/C20H13N3O7S/c24-16-10-17(31(28,29)30)18-13(6-3-7-15(18)23(26)27)19(16)22-21-14-9-8-11-4-1-2-5-12(11)20(14)25/h1-10,24-25H,(H,28,29,30)/b22-21+. The largest absolute Gasteiger partial charge is 0.506 e. The van der Waals surface area contributed by atoms with E-state index in [1.165, 1.54) is 18.2 Å². The number of non-ortho nitro benzene ring substituents is 1. The van der Waals surface area contributed by atoms with Crippen LogP contribution >= 0.6 is 0 Å². The fraction of sp³-hybridized carbons (Fsp3) is 0. The van der Waals surface area contributed by atoms with Crippen molar-refractivity contribution in [3.63, 3.8) is 0 Å². The fourth-order valence-corrected chi connectivity index (χ4v) is 4.02. The number of rotatable bonds is 4. The van der Waals surface area contributed by atoms with Crippen LogP contribution in [0.2, 0.25) is 0 Å². The third-order valence-electron chi connectivity index (χ3n) is 4.67. The molecule has 0 heterocycles. The molecule has 0 aliphatic heterocycles. The predicted octanol–water partition coefficient (Wildman–Crippen LogP) is 4.97. The molecule has 3 N–H and O–H groups in total. The Morgan fingerprint density at radius 2 is 1.61 bits per heavy atom. The van der Waals surface area contributed by atoms with Gasteiger partial charge in [0.2, 0.25) is 0 Å². The van der Waals surface area contributed by atoms with Crippen LogP contribution in [0.25, 0.3) is 21.5 Å². The van der Waals surface area contributed by atoms with Crippen molar-refractivity contribution in [1.29, 1.82) is 0 Å². The number of nitrogens with zero attached hydrogens (tertiary/aromatic N) is 3. The van der Waals surface area contributed by atoms with Crippen molar-refractivity contribution in [2.75, 3.05) is 0 Å². The first kappa shape index (κ1) is 20.2. The van der Waals surface area contributed by atoms with E-state index in [4.69, 9.17) is 0 Å². The van der Waals surface area contributed by atoms with Gasteiger partial charge >= 0.3 is 0 Å². The second-order valence-electron chi connectivity index (χ2n) is 6.53. The van der Waals surface area contributed by atoms with Gasteiger partial charge in [0.25, 0.3) is 15.8 Å². The zero-order valence-electron chi connectivity index (χ0n) is 15.5. The molecule has 4 rings (SSSR count). The van der Waals surface area contributed by atoms with Gasteiger partial charge < -0.3 is 10.2 Å². The van der Waals surface area contributed by atoms with Crippen LogP contribution in [0.4, 0.5) is 17.1 Å². The molecular weight excluding hydrogens is 426 g/mol. The first-order valence-electron chi connectivity index (χ1n) is 8.71. The lowest BCUT2D eigenvalue weighted by atomic mass is 10.1. The highest BCUT2D eigenvalue weighted by Gasteiger charge is 2.26. The highest BCUT2D eigenvalue weighted by atomic mass is 32.2. The molecule has 0 saturated heterocycles. The van der Waals surface area contributed by atoms with Gasteiger partial charge in [0.05, 0.1) is 10.3 Å². The molecule has 31 heavy (non-hydrogen) atoms. The monoisotopic (exact) mass is 439 g/mol. The summed E-state index contributed by atoms with van der Waals surface area (Å²) in [5, 5.41) is 40.8. The molecule has 0 fully saturated rings. The SMILES string of the molecule is O=[N+]([O-])c1cccc2c(/N=N/c3ccc4ccccc4c3O)c(O)cc(S(=O)(=O)O)c12. The van der Waals surface area contributed by atoms with Crippen molar-refractivity contribution >= 4 is 48.7 Å². The number of nitro benzene ring substituents is 1. The summed E-state index contributed by atoms with van der Waals surface area (Å²) in [4.78, 5) is 9.77. The molecule has 0 spiro atoms. The van der Waals surface area contributed by atoms with Gasteiger partial charge in [-0.05, 0) is 11.5 Å². The van der Waals surface area contributed by atoms with Crippen molar-refractivity contribution in [1.82, 2.24) is 0 Å². The van der Waals surface area contributed by atoms with Crippen LogP contribution in [-0.2, 0) is 10.1 Å². The quantitative estimate of drug-likeness (QED) is 0.175. The van der Waals surface area contributed by atoms with Crippen LogP contribution in [0.15, 0.2) is 75.8 Å². The highest BCUT2D eigenvalue weighted by Crippen LogP contribution is 2.44. The average molecular weight is 439 g/mol. The molecular formula is C20H13N3O7S. The van der Waals surface area contributed by atoms with Gasteiger partial charge in [-0.1, -0.05) is 42.5 Å². The molecule has 0 unspecified atom stereocenters. The van der Waals surface area contributed by atoms with Crippen LogP contribution in [0.3, 0.4) is 0 Å². The molecule has 0 amide bonds. The molecule has 0 aromatic heterocycles. The molecule has 11 heteroatoms. The summed E-state index contributed by atoms with van der Waals surface area (Å²) in [6, 6.07) is 14.5. The molecule has 0 radical (unpaired) electrons. The topological polar surface area (TPSA) is 163 Å². The fourth-order valence-electron chi connectivity index (χ4n) is 3.29. The summed E-state index contributed by atoms with van der Waals surface area (Å²) in [5.74, 6) is -0.837. The number of azo groups is 1. The molecule has 0 aliphatic rings. The van der Waals surface area contributed by atoms with E-state index in [1.807, 2.05) is 0 Å². The number of hydrogen-bond donors (Lipinski definition) is 3. The number of phenols is 2. The Bertz CT molecular complexity index is 1510. The normalized spacial score (nSPS) is 12.0. The summed E-state index contributed by atoms with van der Waals surface area (Å²) in [5.41, 5.74) is -0.802. The maximum absolute atomic E-state index is 11.8. The summed E-state index contributed by atoms with van der Waals surface area (Å²) in [7, 11) is -4.90. The van der Waals surface area contributed by atoms with E-state index in [2.05, 4.69) is 10.2 Å². The summed E-state index contributed by atoms with van der Waals surface area (Å²) >= 11 is 0. The van der Waals surface area contributed by atoms with Crippen LogP contribution in [0.5, 0.6) is 11.5 Å². The number of phenolic OH excluding ortho intramolecular Hbond substituents is 2. The maximum Gasteiger partial charge on any atom is 0.295 e. The lowest BCUT2D eigenvalue weighted by Crippen LogP contribution is -2.01. The number of benzene rings is 4. The van der Waals surface area contributed by atoms with Gasteiger partial charge in [-0.15, -0.1) is 10.2 Å². The second-order valence-corrected chi connectivity index (χ2v) is 7.92. The van der Waals surface area contributed by atoms with Crippen molar-refractivity contribution in [2.24, 2.45) is 10.2 Å². The third kappa shape index (κ3) is 3.52. The predicted molar refractivity (Wildman–Crippen MR) is 112 cm³/mol. The third-order valence-corrected chi connectivity index (χ3v) is 5.54. The summed E-state index contributed by atoms with van der Waals surface area (Å²) < 4.78 is 33.0. The molecule has 156 valence electrons. The Kier molecular flexibility index (Phi) is 4.76. The number of hydrogen-bond acceptors (Lipinski definition) is 8. The van der Waals surface area contributed by atoms with Crippen LogP contribution < -0.4 is 0 Å².